The van der Waals surface area contributed by atoms with E-state index < -0.39 is 5.97 Å². The second-order valence-electron chi connectivity index (χ2n) is 5.61. The van der Waals surface area contributed by atoms with Crippen LogP contribution in [0.4, 0.5) is 5.69 Å². The fourth-order valence-electron chi connectivity index (χ4n) is 2.71. The van der Waals surface area contributed by atoms with Gasteiger partial charge in [-0.25, -0.2) is 0 Å². The summed E-state index contributed by atoms with van der Waals surface area (Å²) >= 11 is 0. The number of anilines is 1. The highest BCUT2D eigenvalue weighted by Gasteiger charge is 2.30. The number of para-hydroxylation sites is 1. The van der Waals surface area contributed by atoms with Crippen LogP contribution in [0.1, 0.15) is 38.2 Å². The molecule has 1 amide bonds. The van der Waals surface area contributed by atoms with Crippen molar-refractivity contribution in [1.82, 2.24) is 5.32 Å². The predicted octanol–water partition coefficient (Wildman–Crippen LogP) is 1.98. The maximum absolute atomic E-state index is 12.0. The second kappa shape index (κ2) is 6.61. The Labute approximate surface area is 125 Å². The zero-order valence-electron chi connectivity index (χ0n) is 12.5. The zero-order chi connectivity index (χ0) is 15.4. The highest BCUT2D eigenvalue weighted by atomic mass is 16.4. The van der Waals surface area contributed by atoms with Gasteiger partial charge in [0, 0.05) is 24.2 Å². The molecule has 5 nitrogen and oxygen atoms in total. The molecule has 0 aromatic heterocycles. The number of carbonyl (C=O) groups is 2. The Balaban J connectivity index is 2.08. The molecule has 0 fully saturated rings. The monoisotopic (exact) mass is 290 g/mol. The molecule has 21 heavy (non-hydrogen) atoms. The number of aliphatic carboxylic acids is 1. The standard InChI is InChI=1S/C16H22N2O3/c1-3-11(2)17-15(19)10-18-9-12(8-16(20)21)13-6-4-5-7-14(13)18/h4-7,11-12H,3,8-10H2,1-2H3,(H,17,19)(H,20,21). The number of benzene rings is 1. The molecule has 2 atom stereocenters. The smallest absolute Gasteiger partial charge is 0.304 e. The third kappa shape index (κ3) is 3.74. The summed E-state index contributed by atoms with van der Waals surface area (Å²) in [5.74, 6) is -0.870. The molecule has 2 N–H and O–H groups in total. The van der Waals surface area contributed by atoms with Gasteiger partial charge in [-0.15, -0.1) is 0 Å². The fraction of sp³-hybridized carbons (Fsp3) is 0.500. The van der Waals surface area contributed by atoms with Gasteiger partial charge in [0.1, 0.15) is 0 Å². The maximum atomic E-state index is 12.0. The molecule has 0 spiro atoms. The van der Waals surface area contributed by atoms with Crippen molar-refractivity contribution < 1.29 is 14.7 Å². The van der Waals surface area contributed by atoms with Crippen LogP contribution in [0.5, 0.6) is 0 Å². The predicted molar refractivity (Wildman–Crippen MR) is 81.5 cm³/mol. The molecule has 0 bridgehead atoms. The van der Waals surface area contributed by atoms with Crippen LogP contribution in [-0.4, -0.2) is 36.1 Å². The summed E-state index contributed by atoms with van der Waals surface area (Å²) in [4.78, 5) is 25.0. The quantitative estimate of drug-likeness (QED) is 0.840. The number of amides is 1. The molecule has 0 aliphatic carbocycles. The summed E-state index contributed by atoms with van der Waals surface area (Å²) in [7, 11) is 0. The Morgan fingerprint density at radius 1 is 1.43 bits per heavy atom. The molecule has 1 aliphatic rings. The van der Waals surface area contributed by atoms with E-state index in [1.54, 1.807) is 0 Å². The molecule has 1 aromatic rings. The first-order valence-corrected chi connectivity index (χ1v) is 7.36. The lowest BCUT2D eigenvalue weighted by atomic mass is 9.98. The highest BCUT2D eigenvalue weighted by Crippen LogP contribution is 2.37. The normalized spacial score (nSPS) is 18.2. The Morgan fingerprint density at radius 3 is 2.81 bits per heavy atom. The van der Waals surface area contributed by atoms with Crippen molar-refractivity contribution in [3.8, 4) is 0 Å². The maximum Gasteiger partial charge on any atom is 0.304 e. The average molecular weight is 290 g/mol. The minimum Gasteiger partial charge on any atom is -0.481 e. The van der Waals surface area contributed by atoms with Crippen molar-refractivity contribution in [2.45, 2.75) is 38.6 Å². The summed E-state index contributed by atoms with van der Waals surface area (Å²) in [6.07, 6.45) is 0.991. The number of carboxylic acid groups (broad SMARTS) is 1. The Bertz CT molecular complexity index is 530. The lowest BCUT2D eigenvalue weighted by molar-refractivity contribution is -0.137. The van der Waals surface area contributed by atoms with Gasteiger partial charge in [-0.1, -0.05) is 25.1 Å². The van der Waals surface area contributed by atoms with E-state index in [-0.39, 0.29) is 30.8 Å². The number of hydrogen-bond donors (Lipinski definition) is 2. The van der Waals surface area contributed by atoms with Crippen LogP contribution in [0.3, 0.4) is 0 Å². The van der Waals surface area contributed by atoms with Crippen molar-refractivity contribution in [3.05, 3.63) is 29.8 Å². The van der Waals surface area contributed by atoms with Crippen LogP contribution in [0.15, 0.2) is 24.3 Å². The summed E-state index contributed by atoms with van der Waals surface area (Å²) in [5, 5.41) is 12.0. The number of fused-ring (bicyclic) bond motifs is 1. The van der Waals surface area contributed by atoms with Crippen molar-refractivity contribution in [2.24, 2.45) is 0 Å². The van der Waals surface area contributed by atoms with E-state index in [0.717, 1.165) is 17.7 Å². The number of carboxylic acids is 1. The van der Waals surface area contributed by atoms with Gasteiger partial charge in [-0.3, -0.25) is 9.59 Å². The van der Waals surface area contributed by atoms with E-state index in [1.807, 2.05) is 43.0 Å². The van der Waals surface area contributed by atoms with Gasteiger partial charge in [0.2, 0.25) is 5.91 Å². The molecular formula is C16H22N2O3. The third-order valence-corrected chi connectivity index (χ3v) is 3.93. The molecule has 1 heterocycles. The second-order valence-corrected chi connectivity index (χ2v) is 5.61. The lowest BCUT2D eigenvalue weighted by Crippen LogP contribution is -2.40. The minimum absolute atomic E-state index is 0.0184. The summed E-state index contributed by atoms with van der Waals surface area (Å²) in [6.45, 7) is 4.86. The van der Waals surface area contributed by atoms with Gasteiger partial charge < -0.3 is 15.3 Å². The van der Waals surface area contributed by atoms with Gasteiger partial charge in [-0.05, 0) is 25.0 Å². The van der Waals surface area contributed by atoms with Crippen molar-refractivity contribution in [1.29, 1.82) is 0 Å². The van der Waals surface area contributed by atoms with Crippen molar-refractivity contribution >= 4 is 17.6 Å². The van der Waals surface area contributed by atoms with E-state index in [9.17, 15) is 9.59 Å². The fourth-order valence-corrected chi connectivity index (χ4v) is 2.71. The number of nitrogens with zero attached hydrogens (tertiary/aromatic N) is 1. The van der Waals surface area contributed by atoms with E-state index in [0.29, 0.717) is 6.54 Å². The van der Waals surface area contributed by atoms with Crippen LogP contribution >= 0.6 is 0 Å². The van der Waals surface area contributed by atoms with Gasteiger partial charge >= 0.3 is 5.97 Å². The number of hydrogen-bond acceptors (Lipinski definition) is 3. The largest absolute Gasteiger partial charge is 0.481 e. The van der Waals surface area contributed by atoms with E-state index in [1.165, 1.54) is 0 Å². The molecule has 2 rings (SSSR count). The number of nitrogens with one attached hydrogen (secondary N) is 1. The molecule has 0 saturated carbocycles. The third-order valence-electron chi connectivity index (χ3n) is 3.93. The van der Waals surface area contributed by atoms with Gasteiger partial charge in [0.05, 0.1) is 13.0 Å². The van der Waals surface area contributed by atoms with Gasteiger partial charge in [-0.2, -0.15) is 0 Å². The number of rotatable bonds is 6. The summed E-state index contributed by atoms with van der Waals surface area (Å²) in [5.41, 5.74) is 2.00. The lowest BCUT2D eigenvalue weighted by Gasteiger charge is -2.20. The highest BCUT2D eigenvalue weighted by molar-refractivity contribution is 5.83. The topological polar surface area (TPSA) is 69.6 Å². The molecular weight excluding hydrogens is 268 g/mol. The molecule has 5 heteroatoms. The molecule has 0 radical (unpaired) electrons. The Morgan fingerprint density at radius 2 is 2.14 bits per heavy atom. The molecule has 114 valence electrons. The molecule has 0 saturated heterocycles. The first-order valence-electron chi connectivity index (χ1n) is 7.36. The van der Waals surface area contributed by atoms with Crippen LogP contribution in [-0.2, 0) is 9.59 Å². The molecule has 2 unspecified atom stereocenters. The van der Waals surface area contributed by atoms with E-state index >= 15 is 0 Å². The van der Waals surface area contributed by atoms with Crippen molar-refractivity contribution in [2.75, 3.05) is 18.0 Å². The minimum atomic E-state index is -0.805. The molecule has 1 aromatic carbocycles. The Kier molecular flexibility index (Phi) is 4.83. The van der Waals surface area contributed by atoms with Crippen molar-refractivity contribution in [3.63, 3.8) is 0 Å². The van der Waals surface area contributed by atoms with Gasteiger partial charge in [0.15, 0.2) is 0 Å². The van der Waals surface area contributed by atoms with Gasteiger partial charge in [0.25, 0.3) is 0 Å². The summed E-state index contributed by atoms with van der Waals surface area (Å²) in [6, 6.07) is 7.89. The first-order chi connectivity index (χ1) is 10.0. The van der Waals surface area contributed by atoms with Crippen LogP contribution in [0.2, 0.25) is 0 Å². The van der Waals surface area contributed by atoms with Crippen LogP contribution < -0.4 is 10.2 Å². The molecule has 1 aliphatic heterocycles. The van der Waals surface area contributed by atoms with E-state index in [4.69, 9.17) is 5.11 Å². The average Bonchev–Trinajstić information content (AvgIpc) is 2.76. The van der Waals surface area contributed by atoms with E-state index in [2.05, 4.69) is 5.32 Å². The summed E-state index contributed by atoms with van der Waals surface area (Å²) < 4.78 is 0. The number of carbonyl (C=O) groups excluding carboxylic acids is 1. The first kappa shape index (κ1) is 15.4. The van der Waals surface area contributed by atoms with Crippen LogP contribution in [0, 0.1) is 0 Å². The SMILES string of the molecule is CCC(C)NC(=O)CN1CC(CC(=O)O)c2ccccc21. The zero-order valence-corrected chi connectivity index (χ0v) is 12.5. The Hall–Kier alpha value is -2.04. The van der Waals surface area contributed by atoms with Crippen LogP contribution in [0.25, 0.3) is 0 Å².